The van der Waals surface area contributed by atoms with Gasteiger partial charge in [-0.15, -0.1) is 11.3 Å². The molecule has 0 saturated heterocycles. The van der Waals surface area contributed by atoms with E-state index in [1.807, 2.05) is 0 Å². The number of aryl methyl sites for hydroxylation is 2. The number of thiophene rings is 1. The molecule has 0 unspecified atom stereocenters. The van der Waals surface area contributed by atoms with Crippen molar-refractivity contribution in [2.45, 2.75) is 13.8 Å². The van der Waals surface area contributed by atoms with Crippen molar-refractivity contribution in [1.29, 1.82) is 0 Å². The average molecular weight is 317 g/mol. The maximum Gasteiger partial charge on any atom is 0.268 e. The van der Waals surface area contributed by atoms with Crippen molar-refractivity contribution >= 4 is 33.1 Å². The number of halogens is 1. The van der Waals surface area contributed by atoms with E-state index in [1.165, 1.54) is 12.1 Å². The number of nitrogens with zero attached hydrogens (tertiary/aromatic N) is 1. The van der Waals surface area contributed by atoms with Crippen molar-refractivity contribution in [2.24, 2.45) is 0 Å². The number of fused-ring (bicyclic) bond motifs is 1. The highest BCUT2D eigenvalue weighted by Gasteiger charge is 2.19. The first kappa shape index (κ1) is 14.4. The van der Waals surface area contributed by atoms with Crippen LogP contribution in [0.5, 0.6) is 0 Å². The van der Waals surface area contributed by atoms with Gasteiger partial charge in [-0.25, -0.2) is 9.37 Å². The Morgan fingerprint density at radius 1 is 1.32 bits per heavy atom. The summed E-state index contributed by atoms with van der Waals surface area (Å²) >= 11 is 1.05. The van der Waals surface area contributed by atoms with Gasteiger partial charge < -0.3 is 10.3 Å². The molecule has 0 fully saturated rings. The number of anilines is 1. The van der Waals surface area contributed by atoms with Gasteiger partial charge in [0.1, 0.15) is 16.3 Å². The van der Waals surface area contributed by atoms with Gasteiger partial charge in [0.15, 0.2) is 0 Å². The van der Waals surface area contributed by atoms with E-state index >= 15 is 0 Å². The molecule has 3 rings (SSSR count). The molecule has 0 aliphatic rings. The molecule has 0 saturated carbocycles. The zero-order valence-corrected chi connectivity index (χ0v) is 12.7. The lowest BCUT2D eigenvalue weighted by Crippen LogP contribution is -2.12. The van der Waals surface area contributed by atoms with E-state index in [1.54, 1.807) is 26.0 Å². The van der Waals surface area contributed by atoms with Gasteiger partial charge in [0.25, 0.3) is 11.5 Å². The molecule has 0 aliphatic heterocycles. The smallest absolute Gasteiger partial charge is 0.268 e. The number of aromatic nitrogens is 2. The lowest BCUT2D eigenvalue weighted by molar-refractivity contribution is 0.102. The van der Waals surface area contributed by atoms with Crippen molar-refractivity contribution in [3.05, 3.63) is 56.7 Å². The molecule has 1 amide bonds. The van der Waals surface area contributed by atoms with Crippen LogP contribution in [0.4, 0.5) is 10.1 Å². The molecule has 7 heteroatoms. The number of aromatic amines is 1. The number of carbonyl (C=O) groups is 1. The molecule has 2 N–H and O–H groups in total. The molecular formula is C15H12FN3O2S. The Morgan fingerprint density at radius 3 is 2.77 bits per heavy atom. The Kier molecular flexibility index (Phi) is 3.50. The molecular weight excluding hydrogens is 305 g/mol. The van der Waals surface area contributed by atoms with E-state index in [0.717, 1.165) is 11.3 Å². The quantitative estimate of drug-likeness (QED) is 0.763. The van der Waals surface area contributed by atoms with Gasteiger partial charge in [-0.1, -0.05) is 12.1 Å². The Labute approximate surface area is 128 Å². The molecule has 0 atom stereocenters. The third kappa shape index (κ3) is 2.39. The number of nitrogens with one attached hydrogen (secondary N) is 2. The van der Waals surface area contributed by atoms with E-state index in [9.17, 15) is 14.0 Å². The van der Waals surface area contributed by atoms with Crippen LogP contribution in [-0.2, 0) is 0 Å². The summed E-state index contributed by atoms with van der Waals surface area (Å²) in [6, 6.07) is 5.92. The van der Waals surface area contributed by atoms with Gasteiger partial charge in [0.2, 0.25) is 0 Å². The van der Waals surface area contributed by atoms with Gasteiger partial charge >= 0.3 is 0 Å². The van der Waals surface area contributed by atoms with Crippen LogP contribution in [0.25, 0.3) is 10.2 Å². The maximum absolute atomic E-state index is 13.6. The highest BCUT2D eigenvalue weighted by atomic mass is 32.1. The Bertz CT molecular complexity index is 946. The van der Waals surface area contributed by atoms with E-state index < -0.39 is 11.7 Å². The molecule has 112 valence electrons. The van der Waals surface area contributed by atoms with Crippen molar-refractivity contribution in [1.82, 2.24) is 9.97 Å². The molecule has 5 nitrogen and oxygen atoms in total. The van der Waals surface area contributed by atoms with Crippen LogP contribution >= 0.6 is 11.3 Å². The lowest BCUT2D eigenvalue weighted by Gasteiger charge is -2.05. The van der Waals surface area contributed by atoms with Crippen LogP contribution in [0.2, 0.25) is 0 Å². The molecule has 0 aliphatic carbocycles. The standard InChI is InChI=1S/C15H12FN3O2S/c1-7-11-13(15(21)18-8(2)17-11)22-12(7)14(20)19-10-6-4-3-5-9(10)16/h3-6H,1-2H3,(H,19,20)(H,17,18,21). The third-order valence-corrected chi connectivity index (χ3v) is 4.50. The van der Waals surface area contributed by atoms with E-state index in [-0.39, 0.29) is 11.2 Å². The summed E-state index contributed by atoms with van der Waals surface area (Å²) < 4.78 is 14.0. The zero-order chi connectivity index (χ0) is 15.9. The molecule has 0 radical (unpaired) electrons. The van der Waals surface area contributed by atoms with Gasteiger partial charge in [-0.2, -0.15) is 0 Å². The molecule has 3 aromatic rings. The Hall–Kier alpha value is -2.54. The predicted octanol–water partition coefficient (Wildman–Crippen LogP) is 2.99. The first-order valence-corrected chi connectivity index (χ1v) is 7.35. The largest absolute Gasteiger partial charge is 0.319 e. The van der Waals surface area contributed by atoms with Crippen molar-refractivity contribution in [2.75, 3.05) is 5.32 Å². The second-order valence-corrected chi connectivity index (χ2v) is 5.84. The summed E-state index contributed by atoms with van der Waals surface area (Å²) in [4.78, 5) is 31.5. The highest BCUT2D eigenvalue weighted by Crippen LogP contribution is 2.28. The summed E-state index contributed by atoms with van der Waals surface area (Å²) in [6.07, 6.45) is 0. The Morgan fingerprint density at radius 2 is 2.05 bits per heavy atom. The minimum Gasteiger partial charge on any atom is -0.319 e. The fourth-order valence-electron chi connectivity index (χ4n) is 2.17. The summed E-state index contributed by atoms with van der Waals surface area (Å²) in [5.41, 5.74) is 0.941. The number of para-hydroxylation sites is 1. The number of H-pyrrole nitrogens is 1. The lowest BCUT2D eigenvalue weighted by atomic mass is 10.2. The summed E-state index contributed by atoms with van der Waals surface area (Å²) in [5.74, 6) is -0.483. The summed E-state index contributed by atoms with van der Waals surface area (Å²) in [7, 11) is 0. The number of hydrogen-bond donors (Lipinski definition) is 2. The number of hydrogen-bond acceptors (Lipinski definition) is 4. The Balaban J connectivity index is 2.05. The fourth-order valence-corrected chi connectivity index (χ4v) is 3.21. The van der Waals surface area contributed by atoms with Gasteiger partial charge in [0, 0.05) is 0 Å². The van der Waals surface area contributed by atoms with Crippen LogP contribution in [0.15, 0.2) is 29.1 Å². The zero-order valence-electron chi connectivity index (χ0n) is 11.9. The minimum atomic E-state index is -0.513. The summed E-state index contributed by atoms with van der Waals surface area (Å²) in [6.45, 7) is 3.40. The molecule has 22 heavy (non-hydrogen) atoms. The topological polar surface area (TPSA) is 74.8 Å². The third-order valence-electron chi connectivity index (χ3n) is 3.22. The van der Waals surface area contributed by atoms with Gasteiger partial charge in [-0.05, 0) is 31.5 Å². The predicted molar refractivity (Wildman–Crippen MR) is 84.1 cm³/mol. The van der Waals surface area contributed by atoms with E-state index in [2.05, 4.69) is 15.3 Å². The van der Waals surface area contributed by atoms with E-state index in [0.29, 0.717) is 26.5 Å². The van der Waals surface area contributed by atoms with Crippen molar-refractivity contribution in [3.63, 3.8) is 0 Å². The average Bonchev–Trinajstić information content (AvgIpc) is 2.79. The molecule has 0 spiro atoms. The van der Waals surface area contributed by atoms with Crippen LogP contribution in [0.1, 0.15) is 21.1 Å². The molecule has 2 heterocycles. The molecule has 1 aromatic carbocycles. The SMILES string of the molecule is Cc1nc2c(C)c(C(=O)Nc3ccccc3F)sc2c(=O)[nH]1. The van der Waals surface area contributed by atoms with Crippen molar-refractivity contribution < 1.29 is 9.18 Å². The van der Waals surface area contributed by atoms with Crippen LogP contribution < -0.4 is 10.9 Å². The van der Waals surface area contributed by atoms with Crippen LogP contribution in [0, 0.1) is 19.7 Å². The van der Waals surface area contributed by atoms with E-state index in [4.69, 9.17) is 0 Å². The van der Waals surface area contributed by atoms with Crippen molar-refractivity contribution in [3.8, 4) is 0 Å². The number of benzene rings is 1. The monoisotopic (exact) mass is 317 g/mol. The minimum absolute atomic E-state index is 0.0994. The second-order valence-electron chi connectivity index (χ2n) is 4.82. The first-order valence-electron chi connectivity index (χ1n) is 6.53. The van der Waals surface area contributed by atoms with Crippen LogP contribution in [-0.4, -0.2) is 15.9 Å². The molecule has 2 aromatic heterocycles. The fraction of sp³-hybridized carbons (Fsp3) is 0.133. The number of amides is 1. The maximum atomic E-state index is 13.6. The normalized spacial score (nSPS) is 10.9. The van der Waals surface area contributed by atoms with Gasteiger partial charge in [0.05, 0.1) is 16.1 Å². The van der Waals surface area contributed by atoms with Crippen LogP contribution in [0.3, 0.4) is 0 Å². The number of carbonyl (C=O) groups excluding carboxylic acids is 1. The summed E-state index contributed by atoms with van der Waals surface area (Å²) in [5, 5.41) is 2.52. The second kappa shape index (κ2) is 5.34. The molecule has 0 bridgehead atoms. The first-order chi connectivity index (χ1) is 10.5. The highest BCUT2D eigenvalue weighted by molar-refractivity contribution is 7.21. The number of rotatable bonds is 2. The van der Waals surface area contributed by atoms with Gasteiger partial charge in [-0.3, -0.25) is 9.59 Å².